The first kappa shape index (κ1) is 16.8. The zero-order chi connectivity index (χ0) is 13.7. The van der Waals surface area contributed by atoms with Crippen molar-refractivity contribution in [1.29, 1.82) is 0 Å². The van der Waals surface area contributed by atoms with Crippen LogP contribution in [-0.2, 0) is 27.2 Å². The second-order valence-electron chi connectivity index (χ2n) is 3.02. The molecule has 0 aromatic rings. The van der Waals surface area contributed by atoms with Crippen molar-refractivity contribution in [1.82, 2.24) is 0 Å². The molecule has 0 saturated carbocycles. The molecule has 0 fully saturated rings. The molecule has 0 atom stereocenters. The second-order valence-corrected chi connectivity index (χ2v) is 7.81. The van der Waals surface area contributed by atoms with Crippen molar-refractivity contribution < 1.29 is 27.2 Å². The standard InChI is InChI=1S/C9H18O6P2/c1-8(16(10,12-3)13-4)7-9(2)17(11,14-5)15-6/h1-6H3. The van der Waals surface area contributed by atoms with E-state index >= 15 is 0 Å². The predicted molar refractivity (Wildman–Crippen MR) is 65.1 cm³/mol. The summed E-state index contributed by atoms with van der Waals surface area (Å²) in [5, 5.41) is 0.406. The van der Waals surface area contributed by atoms with E-state index in [0.29, 0.717) is 0 Å². The lowest BCUT2D eigenvalue weighted by Gasteiger charge is -2.14. The van der Waals surface area contributed by atoms with Crippen LogP contribution in [0.15, 0.2) is 16.4 Å². The molecule has 6 nitrogen and oxygen atoms in total. The molecule has 0 N–H and O–H groups in total. The van der Waals surface area contributed by atoms with Gasteiger partial charge in [0.2, 0.25) is 0 Å². The molecule has 0 unspecified atom stereocenters. The van der Waals surface area contributed by atoms with Gasteiger partial charge in [0.15, 0.2) is 0 Å². The van der Waals surface area contributed by atoms with Gasteiger partial charge in [-0.2, -0.15) is 0 Å². The molecule has 0 heterocycles. The fourth-order valence-electron chi connectivity index (χ4n) is 1.10. The molecule has 0 amide bonds. The molecule has 0 bridgehead atoms. The summed E-state index contributed by atoms with van der Waals surface area (Å²) in [6, 6.07) is 0. The number of hydrogen-bond acceptors (Lipinski definition) is 6. The minimum Gasteiger partial charge on any atom is -0.308 e. The SMILES string of the molecule is COP(=O)(OC)C(C)=C=C(C)P(=O)(OC)OC. The van der Waals surface area contributed by atoms with E-state index < -0.39 is 15.2 Å². The molecule has 0 rings (SSSR count). The first-order valence-corrected chi connectivity index (χ1v) is 7.76. The predicted octanol–water partition coefficient (Wildman–Crippen LogP) is 3.36. The van der Waals surface area contributed by atoms with E-state index in [1.54, 1.807) is 0 Å². The van der Waals surface area contributed by atoms with Gasteiger partial charge in [0, 0.05) is 28.4 Å². The molecule has 0 saturated heterocycles. The minimum atomic E-state index is -3.36. The summed E-state index contributed by atoms with van der Waals surface area (Å²) < 4.78 is 43.0. The first-order chi connectivity index (χ1) is 7.79. The van der Waals surface area contributed by atoms with Crippen LogP contribution < -0.4 is 0 Å². The van der Waals surface area contributed by atoms with Crippen molar-refractivity contribution in [3.05, 3.63) is 16.4 Å². The van der Waals surface area contributed by atoms with Crippen LogP contribution in [0, 0.1) is 0 Å². The van der Waals surface area contributed by atoms with Crippen LogP contribution in [-0.4, -0.2) is 28.4 Å². The van der Waals surface area contributed by atoms with Crippen molar-refractivity contribution in [3.8, 4) is 0 Å². The molecule has 0 spiro atoms. The fraction of sp³-hybridized carbons (Fsp3) is 0.667. The maximum Gasteiger partial charge on any atom is 0.364 e. The molecular weight excluding hydrogens is 266 g/mol. The molecule has 100 valence electrons. The largest absolute Gasteiger partial charge is 0.364 e. The smallest absolute Gasteiger partial charge is 0.308 e. The van der Waals surface area contributed by atoms with Crippen LogP contribution in [0.2, 0.25) is 0 Å². The Morgan fingerprint density at radius 3 is 1.18 bits per heavy atom. The van der Waals surface area contributed by atoms with Crippen LogP contribution in [0.3, 0.4) is 0 Å². The van der Waals surface area contributed by atoms with Gasteiger partial charge in [0.05, 0.1) is 10.6 Å². The van der Waals surface area contributed by atoms with E-state index in [9.17, 15) is 9.13 Å². The maximum atomic E-state index is 12.0. The van der Waals surface area contributed by atoms with Crippen molar-refractivity contribution in [2.75, 3.05) is 28.4 Å². The quantitative estimate of drug-likeness (QED) is 0.550. The highest BCUT2D eigenvalue weighted by Crippen LogP contribution is 2.57. The normalized spacial score (nSPS) is 12.1. The van der Waals surface area contributed by atoms with Gasteiger partial charge in [-0.15, -0.1) is 0 Å². The highest BCUT2D eigenvalue weighted by molar-refractivity contribution is 7.59. The van der Waals surface area contributed by atoms with Crippen LogP contribution >= 0.6 is 15.2 Å². The number of hydrogen-bond donors (Lipinski definition) is 0. The third kappa shape index (κ3) is 3.90. The number of allylic oxidation sites excluding steroid dienone is 1. The summed E-state index contributed by atoms with van der Waals surface area (Å²) in [5.74, 6) is 0. The van der Waals surface area contributed by atoms with Gasteiger partial charge >= 0.3 is 15.2 Å². The van der Waals surface area contributed by atoms with Crippen LogP contribution in [0.4, 0.5) is 0 Å². The third-order valence-corrected chi connectivity index (χ3v) is 5.93. The van der Waals surface area contributed by atoms with Crippen LogP contribution in [0.25, 0.3) is 0 Å². The van der Waals surface area contributed by atoms with Crippen molar-refractivity contribution in [3.63, 3.8) is 0 Å². The van der Waals surface area contributed by atoms with Gasteiger partial charge in [0.25, 0.3) is 0 Å². The van der Waals surface area contributed by atoms with Gasteiger partial charge in [-0.1, -0.05) is 5.73 Å². The van der Waals surface area contributed by atoms with Gasteiger partial charge in [0.1, 0.15) is 0 Å². The number of rotatable bonds is 6. The molecule has 0 radical (unpaired) electrons. The minimum absolute atomic E-state index is 0.203. The lowest BCUT2D eigenvalue weighted by molar-refractivity contribution is 0.283. The highest BCUT2D eigenvalue weighted by atomic mass is 31.2. The topological polar surface area (TPSA) is 71.1 Å². The first-order valence-electron chi connectivity index (χ1n) is 4.68. The Hall–Kier alpha value is -0.180. The lowest BCUT2D eigenvalue weighted by atomic mass is 10.6. The third-order valence-electron chi connectivity index (χ3n) is 2.14. The van der Waals surface area contributed by atoms with Gasteiger partial charge in [-0.3, -0.25) is 9.13 Å². The zero-order valence-electron chi connectivity index (χ0n) is 10.8. The van der Waals surface area contributed by atoms with E-state index in [-0.39, 0.29) is 10.6 Å². The lowest BCUT2D eigenvalue weighted by Crippen LogP contribution is -1.91. The van der Waals surface area contributed by atoms with Crippen LogP contribution in [0.5, 0.6) is 0 Å². The Bertz CT molecular complexity index is 369. The van der Waals surface area contributed by atoms with Crippen molar-refractivity contribution in [2.24, 2.45) is 0 Å². The molecule has 0 aliphatic rings. The molecular formula is C9H18O6P2. The molecule has 0 aromatic carbocycles. The Kier molecular flexibility index (Phi) is 6.60. The summed E-state index contributed by atoms with van der Waals surface area (Å²) in [5.41, 5.74) is 2.67. The maximum absolute atomic E-state index is 12.0. The Balaban J connectivity index is 5.67. The van der Waals surface area contributed by atoms with Crippen molar-refractivity contribution in [2.45, 2.75) is 13.8 Å². The molecule has 0 aliphatic heterocycles. The summed E-state index contributed by atoms with van der Waals surface area (Å²) >= 11 is 0. The van der Waals surface area contributed by atoms with E-state index in [1.165, 1.54) is 42.3 Å². The average Bonchev–Trinajstić information content (AvgIpc) is 2.36. The van der Waals surface area contributed by atoms with Crippen molar-refractivity contribution >= 4 is 15.2 Å². The van der Waals surface area contributed by atoms with E-state index in [4.69, 9.17) is 18.1 Å². The Labute approximate surface area is 102 Å². The van der Waals surface area contributed by atoms with Gasteiger partial charge in [-0.05, 0) is 13.8 Å². The molecule has 17 heavy (non-hydrogen) atoms. The Morgan fingerprint density at radius 2 is 1.00 bits per heavy atom. The second kappa shape index (κ2) is 6.67. The van der Waals surface area contributed by atoms with E-state index in [0.717, 1.165) is 0 Å². The van der Waals surface area contributed by atoms with E-state index in [2.05, 4.69) is 5.73 Å². The van der Waals surface area contributed by atoms with Gasteiger partial charge in [-0.25, -0.2) is 0 Å². The summed E-state index contributed by atoms with van der Waals surface area (Å²) in [4.78, 5) is 0. The highest BCUT2D eigenvalue weighted by Gasteiger charge is 2.27. The van der Waals surface area contributed by atoms with Crippen LogP contribution in [0.1, 0.15) is 13.8 Å². The molecule has 0 aromatic heterocycles. The average molecular weight is 284 g/mol. The summed E-state index contributed by atoms with van der Waals surface area (Å²) in [6.45, 7) is 3.01. The van der Waals surface area contributed by atoms with Gasteiger partial charge < -0.3 is 18.1 Å². The summed E-state index contributed by atoms with van der Waals surface area (Å²) in [6.07, 6.45) is 0. The fourth-order valence-corrected chi connectivity index (χ4v) is 3.19. The molecule has 0 aliphatic carbocycles. The molecule has 8 heteroatoms. The zero-order valence-corrected chi connectivity index (χ0v) is 12.6. The monoisotopic (exact) mass is 284 g/mol. The van der Waals surface area contributed by atoms with E-state index in [1.807, 2.05) is 0 Å². The Morgan fingerprint density at radius 1 is 0.765 bits per heavy atom. The summed E-state index contributed by atoms with van der Waals surface area (Å²) in [7, 11) is -1.68.